The van der Waals surface area contributed by atoms with E-state index in [9.17, 15) is 10.4 Å². The van der Waals surface area contributed by atoms with Crippen molar-refractivity contribution in [3.8, 4) is 6.07 Å². The zero-order valence-corrected chi connectivity index (χ0v) is 11.5. The van der Waals surface area contributed by atoms with E-state index in [1.54, 1.807) is 0 Å². The van der Waals surface area contributed by atoms with Crippen molar-refractivity contribution in [3.63, 3.8) is 0 Å². The van der Waals surface area contributed by atoms with Crippen molar-refractivity contribution in [1.29, 1.82) is 5.26 Å². The van der Waals surface area contributed by atoms with Crippen LogP contribution in [0.1, 0.15) is 49.3 Å². The van der Waals surface area contributed by atoms with Crippen LogP contribution in [0.4, 0.5) is 0 Å². The number of hydrogen-bond acceptors (Lipinski definition) is 2. The molecule has 2 rings (SSSR count). The molecular formula is C16H21NO. The maximum atomic E-state index is 11.0. The van der Waals surface area contributed by atoms with E-state index in [1.807, 2.05) is 39.0 Å². The van der Waals surface area contributed by atoms with Gasteiger partial charge < -0.3 is 5.11 Å². The lowest BCUT2D eigenvalue weighted by Gasteiger charge is -2.39. The van der Waals surface area contributed by atoms with Gasteiger partial charge in [0.05, 0.1) is 11.5 Å². The SMILES string of the molecule is Cc1ccc(C)c(C(C)(O)C2(C#N)CCCC2)c1. The average molecular weight is 243 g/mol. The van der Waals surface area contributed by atoms with E-state index < -0.39 is 11.0 Å². The van der Waals surface area contributed by atoms with Crippen molar-refractivity contribution in [1.82, 2.24) is 0 Å². The molecular weight excluding hydrogens is 222 g/mol. The molecule has 1 aromatic rings. The minimum absolute atomic E-state index is 0.619. The fraction of sp³-hybridized carbons (Fsp3) is 0.562. The maximum Gasteiger partial charge on any atom is 0.106 e. The lowest BCUT2D eigenvalue weighted by atomic mass is 9.68. The van der Waals surface area contributed by atoms with Gasteiger partial charge in [-0.1, -0.05) is 36.6 Å². The Bertz CT molecular complexity index is 490. The molecule has 0 bridgehead atoms. The molecule has 1 aromatic carbocycles. The van der Waals surface area contributed by atoms with Crippen LogP contribution < -0.4 is 0 Å². The molecule has 1 fully saturated rings. The Morgan fingerprint density at radius 3 is 2.44 bits per heavy atom. The normalized spacial score (nSPS) is 21.3. The van der Waals surface area contributed by atoms with E-state index in [-0.39, 0.29) is 0 Å². The molecule has 1 unspecified atom stereocenters. The van der Waals surface area contributed by atoms with E-state index in [1.165, 1.54) is 0 Å². The van der Waals surface area contributed by atoms with E-state index in [0.29, 0.717) is 0 Å². The zero-order chi connectivity index (χ0) is 13.4. The standard InChI is InChI=1S/C16H21NO/c1-12-6-7-13(2)14(10-12)15(3,18)16(11-17)8-4-5-9-16/h6-7,10,18H,4-5,8-9H2,1-3H3. The number of benzene rings is 1. The fourth-order valence-electron chi connectivity index (χ4n) is 3.20. The van der Waals surface area contributed by atoms with Crippen LogP contribution in [0.25, 0.3) is 0 Å². The Kier molecular flexibility index (Phi) is 3.21. The van der Waals surface area contributed by atoms with Crippen molar-refractivity contribution >= 4 is 0 Å². The summed E-state index contributed by atoms with van der Waals surface area (Å²) < 4.78 is 0. The molecule has 1 aliphatic rings. The Morgan fingerprint density at radius 1 is 1.28 bits per heavy atom. The summed E-state index contributed by atoms with van der Waals surface area (Å²) in [6.45, 7) is 5.83. The Hall–Kier alpha value is -1.33. The predicted molar refractivity (Wildman–Crippen MR) is 72.0 cm³/mol. The fourth-order valence-corrected chi connectivity index (χ4v) is 3.20. The molecule has 0 saturated heterocycles. The Balaban J connectivity index is 2.53. The summed E-state index contributed by atoms with van der Waals surface area (Å²) in [6, 6.07) is 8.50. The summed E-state index contributed by atoms with van der Waals surface area (Å²) in [5.74, 6) is 0. The molecule has 0 amide bonds. The molecule has 0 radical (unpaired) electrons. The molecule has 2 heteroatoms. The van der Waals surface area contributed by atoms with E-state index in [4.69, 9.17) is 0 Å². The summed E-state index contributed by atoms with van der Waals surface area (Å²) >= 11 is 0. The summed E-state index contributed by atoms with van der Waals surface area (Å²) in [5.41, 5.74) is 1.42. The first kappa shape index (κ1) is 13.1. The summed E-state index contributed by atoms with van der Waals surface area (Å²) in [7, 11) is 0. The van der Waals surface area contributed by atoms with Crippen molar-refractivity contribution in [2.24, 2.45) is 5.41 Å². The second kappa shape index (κ2) is 4.40. The molecule has 0 heterocycles. The van der Waals surface area contributed by atoms with Crippen molar-refractivity contribution in [2.45, 2.75) is 52.1 Å². The van der Waals surface area contributed by atoms with E-state index >= 15 is 0 Å². The third-order valence-electron chi connectivity index (χ3n) is 4.52. The molecule has 0 aliphatic heterocycles. The third kappa shape index (κ3) is 1.83. The van der Waals surface area contributed by atoms with E-state index in [2.05, 4.69) is 6.07 Å². The van der Waals surface area contributed by atoms with Crippen LogP contribution in [-0.4, -0.2) is 5.11 Å². The van der Waals surface area contributed by atoms with Crippen LogP contribution >= 0.6 is 0 Å². The molecule has 18 heavy (non-hydrogen) atoms. The number of aliphatic hydroxyl groups is 1. The molecule has 96 valence electrons. The van der Waals surface area contributed by atoms with Crippen LogP contribution in [0.3, 0.4) is 0 Å². The highest BCUT2D eigenvalue weighted by Gasteiger charge is 2.50. The van der Waals surface area contributed by atoms with Gasteiger partial charge in [-0.3, -0.25) is 0 Å². The van der Waals surface area contributed by atoms with E-state index in [0.717, 1.165) is 42.4 Å². The number of aryl methyl sites for hydroxylation is 2. The largest absolute Gasteiger partial charge is 0.384 e. The quantitative estimate of drug-likeness (QED) is 0.862. The van der Waals surface area contributed by atoms with Gasteiger partial charge in [-0.2, -0.15) is 5.26 Å². The van der Waals surface area contributed by atoms with Crippen LogP contribution in [0, 0.1) is 30.6 Å². The van der Waals surface area contributed by atoms with Gasteiger partial charge in [0.15, 0.2) is 0 Å². The Labute approximate surface area is 109 Å². The lowest BCUT2D eigenvalue weighted by Crippen LogP contribution is -2.41. The van der Waals surface area contributed by atoms with Crippen molar-refractivity contribution in [2.75, 3.05) is 0 Å². The topological polar surface area (TPSA) is 44.0 Å². The molecule has 0 spiro atoms. The highest BCUT2D eigenvalue weighted by Crippen LogP contribution is 2.51. The lowest BCUT2D eigenvalue weighted by molar-refractivity contribution is -0.0427. The first-order valence-electron chi connectivity index (χ1n) is 6.64. The molecule has 1 aliphatic carbocycles. The van der Waals surface area contributed by atoms with Crippen LogP contribution in [0.5, 0.6) is 0 Å². The van der Waals surface area contributed by atoms with Crippen LogP contribution in [0.15, 0.2) is 18.2 Å². The predicted octanol–water partition coefficient (Wildman–Crippen LogP) is 3.59. The Morgan fingerprint density at radius 2 is 1.89 bits per heavy atom. The minimum Gasteiger partial charge on any atom is -0.384 e. The summed E-state index contributed by atoms with van der Waals surface area (Å²) in [4.78, 5) is 0. The molecule has 2 nitrogen and oxygen atoms in total. The average Bonchev–Trinajstić information content (AvgIpc) is 2.82. The molecule has 1 atom stereocenters. The van der Waals surface area contributed by atoms with Gasteiger partial charge in [0.25, 0.3) is 0 Å². The van der Waals surface area contributed by atoms with Gasteiger partial charge in [-0.25, -0.2) is 0 Å². The molecule has 0 aromatic heterocycles. The zero-order valence-electron chi connectivity index (χ0n) is 11.5. The summed E-state index contributed by atoms with van der Waals surface area (Å²) in [5, 5.41) is 20.6. The van der Waals surface area contributed by atoms with Gasteiger partial charge in [0, 0.05) is 0 Å². The number of rotatable bonds is 2. The van der Waals surface area contributed by atoms with Gasteiger partial charge >= 0.3 is 0 Å². The maximum absolute atomic E-state index is 11.0. The third-order valence-corrected chi connectivity index (χ3v) is 4.52. The van der Waals surface area contributed by atoms with Crippen LogP contribution in [-0.2, 0) is 5.60 Å². The van der Waals surface area contributed by atoms with Crippen LogP contribution in [0.2, 0.25) is 0 Å². The first-order chi connectivity index (χ1) is 8.43. The van der Waals surface area contributed by atoms with Crippen molar-refractivity contribution < 1.29 is 5.11 Å². The minimum atomic E-state index is -1.06. The van der Waals surface area contributed by atoms with Crippen molar-refractivity contribution in [3.05, 3.63) is 34.9 Å². The second-order valence-corrected chi connectivity index (χ2v) is 5.79. The van der Waals surface area contributed by atoms with Gasteiger partial charge in [0.2, 0.25) is 0 Å². The molecule has 1 N–H and O–H groups in total. The number of nitriles is 1. The highest BCUT2D eigenvalue weighted by molar-refractivity contribution is 5.38. The number of nitrogens with zero attached hydrogens (tertiary/aromatic N) is 1. The second-order valence-electron chi connectivity index (χ2n) is 5.79. The highest BCUT2D eigenvalue weighted by atomic mass is 16.3. The monoisotopic (exact) mass is 243 g/mol. The van der Waals surface area contributed by atoms with Gasteiger partial charge in [0.1, 0.15) is 5.60 Å². The first-order valence-corrected chi connectivity index (χ1v) is 6.64. The summed E-state index contributed by atoms with van der Waals surface area (Å²) in [6.07, 6.45) is 3.66. The number of hydrogen-bond donors (Lipinski definition) is 1. The smallest absolute Gasteiger partial charge is 0.106 e. The van der Waals surface area contributed by atoms with Gasteiger partial charge in [-0.15, -0.1) is 0 Å². The van der Waals surface area contributed by atoms with Gasteiger partial charge in [-0.05, 0) is 44.7 Å². The molecule has 1 saturated carbocycles.